The molecule has 0 saturated carbocycles. The highest BCUT2D eigenvalue weighted by Gasteiger charge is 2.33. The molecule has 3 heterocycles. The molecule has 1 aliphatic heterocycles. The number of halogens is 1. The summed E-state index contributed by atoms with van der Waals surface area (Å²) in [5.74, 6) is 1.60. The largest absolute Gasteiger partial charge is 0.508 e. The number of amidine groups is 2. The summed E-state index contributed by atoms with van der Waals surface area (Å²) in [5, 5.41) is 41.6. The van der Waals surface area contributed by atoms with Crippen LogP contribution in [0.15, 0.2) is 96.0 Å². The van der Waals surface area contributed by atoms with Gasteiger partial charge in [0.15, 0.2) is 5.78 Å². The number of amides is 1. The maximum absolute atomic E-state index is 13.7. The van der Waals surface area contributed by atoms with Crippen LogP contribution in [0.2, 0.25) is 5.02 Å². The molecule has 0 radical (unpaired) electrons. The molecule has 0 spiro atoms. The van der Waals surface area contributed by atoms with Crippen molar-refractivity contribution < 1.29 is 24.5 Å². The van der Waals surface area contributed by atoms with Crippen molar-refractivity contribution in [3.05, 3.63) is 129 Å². The van der Waals surface area contributed by atoms with Gasteiger partial charge in [0.2, 0.25) is 6.41 Å². The molecule has 2 aromatic heterocycles. The number of rotatable bonds is 16. The van der Waals surface area contributed by atoms with Gasteiger partial charge in [-0.1, -0.05) is 37.6 Å². The van der Waals surface area contributed by atoms with Crippen molar-refractivity contribution in [3.63, 3.8) is 0 Å². The van der Waals surface area contributed by atoms with Gasteiger partial charge in [-0.15, -0.1) is 22.7 Å². The van der Waals surface area contributed by atoms with Crippen LogP contribution in [0.25, 0.3) is 20.5 Å². The second kappa shape index (κ2) is 21.5. The lowest BCUT2D eigenvalue weighted by Crippen LogP contribution is -2.39. The smallest absolute Gasteiger partial charge is 0.207 e. The van der Waals surface area contributed by atoms with Gasteiger partial charge in [-0.2, -0.15) is 0 Å². The first-order valence-corrected chi connectivity index (χ1v) is 23.0. The quantitative estimate of drug-likeness (QED) is 0.0212. The number of aromatic hydroxyl groups is 2. The van der Waals surface area contributed by atoms with Gasteiger partial charge in [-0.05, 0) is 143 Å². The lowest BCUT2D eigenvalue weighted by Gasteiger charge is -2.24. The first-order chi connectivity index (χ1) is 30.3. The van der Waals surface area contributed by atoms with Crippen LogP contribution in [0.5, 0.6) is 17.2 Å². The molecule has 1 atom stereocenters. The first-order valence-electron chi connectivity index (χ1n) is 20.9. The number of nitrogens with zero attached hydrogens (tertiary/aromatic N) is 3. The molecule has 5 N–H and O–H groups in total. The van der Waals surface area contributed by atoms with Crippen molar-refractivity contribution >= 4 is 78.9 Å². The van der Waals surface area contributed by atoms with Crippen LogP contribution in [0.3, 0.4) is 0 Å². The van der Waals surface area contributed by atoms with Crippen molar-refractivity contribution in [2.24, 2.45) is 4.99 Å². The molecule has 63 heavy (non-hydrogen) atoms. The normalized spacial score (nSPS) is 13.5. The van der Waals surface area contributed by atoms with Gasteiger partial charge < -0.3 is 25.2 Å². The fourth-order valence-corrected chi connectivity index (χ4v) is 9.93. The minimum absolute atomic E-state index is 0.113. The topological polar surface area (TPSA) is 162 Å². The predicted molar refractivity (Wildman–Crippen MR) is 260 cm³/mol. The lowest BCUT2D eigenvalue weighted by molar-refractivity contribution is -0.109. The molecule has 4 aromatic carbocycles. The molecule has 1 aliphatic rings. The summed E-state index contributed by atoms with van der Waals surface area (Å²) in [6.07, 6.45) is 3.40. The highest BCUT2D eigenvalue weighted by molar-refractivity contribution is 7.22. The van der Waals surface area contributed by atoms with Crippen LogP contribution in [0.4, 0.5) is 5.00 Å². The van der Waals surface area contributed by atoms with Crippen LogP contribution in [0, 0.1) is 24.7 Å². The van der Waals surface area contributed by atoms with Gasteiger partial charge >= 0.3 is 0 Å². The number of thiophene rings is 2. The third kappa shape index (κ3) is 11.0. The summed E-state index contributed by atoms with van der Waals surface area (Å²) in [4.78, 5) is 35.0. The number of nitrogens with one attached hydrogen (secondary N) is 3. The Balaban J connectivity index is 0.000000228. The molecule has 11 nitrogen and oxygen atoms in total. The van der Waals surface area contributed by atoms with E-state index in [4.69, 9.17) is 32.1 Å². The Morgan fingerprint density at radius 3 is 2.27 bits per heavy atom. The van der Waals surface area contributed by atoms with E-state index < -0.39 is 0 Å². The number of benzene rings is 4. The number of aryl methyl sites for hydroxylation is 1. The van der Waals surface area contributed by atoms with E-state index >= 15 is 0 Å². The van der Waals surface area contributed by atoms with Crippen molar-refractivity contribution in [1.82, 2.24) is 10.2 Å². The predicted octanol–water partition coefficient (Wildman–Crippen LogP) is 10.9. The number of hydrogen-bond donors (Lipinski definition) is 5. The highest BCUT2D eigenvalue weighted by atomic mass is 35.5. The molecular formula is C49H53ClN6O5S2. The van der Waals surface area contributed by atoms with Gasteiger partial charge in [-0.3, -0.25) is 30.3 Å². The van der Waals surface area contributed by atoms with Gasteiger partial charge in [0.25, 0.3) is 0 Å². The molecule has 0 unspecified atom stereocenters. The Morgan fingerprint density at radius 2 is 1.62 bits per heavy atom. The number of phenols is 2. The summed E-state index contributed by atoms with van der Waals surface area (Å²) in [6.45, 7) is 13.9. The molecule has 328 valence electrons. The fraction of sp³-hybridized carbons (Fsp3) is 0.286. The molecule has 0 aliphatic carbocycles. The molecular weight excluding hydrogens is 852 g/mol. The maximum Gasteiger partial charge on any atom is 0.207 e. The van der Waals surface area contributed by atoms with Gasteiger partial charge in [0.05, 0.1) is 5.71 Å². The van der Waals surface area contributed by atoms with Crippen molar-refractivity contribution in [3.8, 4) is 27.7 Å². The SMILES string of the molecule is CCN(CCCCNC=O)CCOc1ccc(C(=O)c2c(-c3ccc(O)cc3)sc3cc(O)ccc23)cc1.CC[C@@H]1N=C(c2ccc(Cl)cc2)c2c(sc(C)c2C)N(C(C)=N)C1=N. The number of ether oxygens (including phenoxy) is 1. The van der Waals surface area contributed by atoms with Crippen LogP contribution in [-0.2, 0) is 4.79 Å². The Kier molecular flexibility index (Phi) is 15.9. The van der Waals surface area contributed by atoms with Crippen LogP contribution >= 0.6 is 34.3 Å². The number of phenolic OH excluding ortho intramolecular Hbond substituents is 2. The van der Waals surface area contributed by atoms with E-state index in [1.54, 1.807) is 77.8 Å². The number of carbonyl (C=O) groups is 2. The van der Waals surface area contributed by atoms with E-state index in [0.29, 0.717) is 53.1 Å². The Bertz CT molecular complexity index is 2600. The summed E-state index contributed by atoms with van der Waals surface area (Å²) in [7, 11) is 0. The summed E-state index contributed by atoms with van der Waals surface area (Å²) < 4.78 is 6.75. The average molecular weight is 906 g/mol. The number of likely N-dealkylation sites (N-methyl/N-ethyl adjacent to an activating group) is 1. The Labute approximate surface area is 381 Å². The highest BCUT2D eigenvalue weighted by Crippen LogP contribution is 2.42. The molecule has 0 bridgehead atoms. The first kappa shape index (κ1) is 46.6. The third-order valence-corrected chi connectivity index (χ3v) is 13.5. The fourth-order valence-electron chi connectivity index (χ4n) is 7.35. The zero-order valence-electron chi connectivity index (χ0n) is 36.1. The van der Waals surface area contributed by atoms with Gasteiger partial charge in [0, 0.05) is 60.2 Å². The summed E-state index contributed by atoms with van der Waals surface area (Å²) >= 11 is 9.11. The Hall–Kier alpha value is -5.86. The second-order valence-electron chi connectivity index (χ2n) is 15.1. The molecule has 7 rings (SSSR count). The molecule has 1 amide bonds. The monoisotopic (exact) mass is 904 g/mol. The van der Waals surface area contributed by atoms with Crippen LogP contribution < -0.4 is 15.0 Å². The van der Waals surface area contributed by atoms with E-state index in [1.807, 2.05) is 43.3 Å². The lowest BCUT2D eigenvalue weighted by atomic mass is 9.97. The number of carbonyl (C=O) groups excluding carboxylic acids is 2. The van der Waals surface area contributed by atoms with Crippen LogP contribution in [0.1, 0.15) is 77.5 Å². The molecule has 0 saturated heterocycles. The zero-order valence-corrected chi connectivity index (χ0v) is 38.5. The summed E-state index contributed by atoms with van der Waals surface area (Å²) in [6, 6.07) is 26.4. The van der Waals surface area contributed by atoms with E-state index in [2.05, 4.69) is 31.0 Å². The third-order valence-electron chi connectivity index (χ3n) is 10.9. The van der Waals surface area contributed by atoms with E-state index in [1.165, 1.54) is 16.2 Å². The van der Waals surface area contributed by atoms with E-state index in [-0.39, 0.29) is 23.3 Å². The maximum atomic E-state index is 13.7. The molecule has 6 aromatic rings. The molecule has 0 fully saturated rings. The Morgan fingerprint density at radius 1 is 0.937 bits per heavy atom. The number of hydrogen-bond acceptors (Lipinski definition) is 11. The van der Waals surface area contributed by atoms with Crippen molar-refractivity contribution in [2.45, 2.75) is 59.9 Å². The van der Waals surface area contributed by atoms with Crippen molar-refractivity contribution in [2.75, 3.05) is 37.7 Å². The number of ketones is 1. The zero-order chi connectivity index (χ0) is 45.2. The van der Waals surface area contributed by atoms with Gasteiger partial charge in [0.1, 0.15) is 46.6 Å². The number of anilines is 1. The average Bonchev–Trinajstić information content (AvgIpc) is 3.75. The number of unbranched alkanes of at least 4 members (excludes halogenated alkanes) is 1. The van der Waals surface area contributed by atoms with Crippen LogP contribution in [-0.4, -0.2) is 83.5 Å². The van der Waals surface area contributed by atoms with E-state index in [9.17, 15) is 19.8 Å². The second-order valence-corrected chi connectivity index (χ2v) is 17.8. The standard InChI is InChI=1S/C30H32N2O5S.C19H21ClN4S/c1-2-32(16-4-3-15-31-20-33)17-18-37-25-12-7-21(8-13-25)29(36)28-26-14-11-24(35)19-27(26)38-30(28)22-5-9-23(34)10-6-22;1-5-15-18(22)24(12(4)21)19-16(10(2)11(3)25-19)17(23-15)13-6-8-14(20)9-7-13/h5-14,19-20,34-35H,2-4,15-18H2,1H3,(H,31,33);6-9,15,21-22H,5H2,1-4H3/t;15-/m.0/s1. The summed E-state index contributed by atoms with van der Waals surface area (Å²) in [5.41, 5.74) is 6.00. The minimum atomic E-state index is -0.273. The minimum Gasteiger partial charge on any atom is -0.508 e. The number of aliphatic imine (C=N–C) groups is 1. The van der Waals surface area contributed by atoms with E-state index in [0.717, 1.165) is 86.8 Å². The molecule has 14 heteroatoms. The van der Waals surface area contributed by atoms with Gasteiger partial charge in [-0.25, -0.2) is 0 Å². The number of fused-ring (bicyclic) bond motifs is 2. The van der Waals surface area contributed by atoms with Crippen molar-refractivity contribution in [1.29, 1.82) is 10.8 Å².